The Labute approximate surface area is 97.6 Å². The van der Waals surface area contributed by atoms with Crippen LogP contribution in [0.2, 0.25) is 0 Å². The Hall–Kier alpha value is -0.610. The molecule has 16 heavy (non-hydrogen) atoms. The van der Waals surface area contributed by atoms with Gasteiger partial charge in [0.2, 0.25) is 5.91 Å². The van der Waals surface area contributed by atoms with Crippen LogP contribution in [0.5, 0.6) is 0 Å². The molecule has 3 unspecified atom stereocenters. The number of carbonyl (C=O) groups excluding carboxylic acids is 1. The fourth-order valence-electron chi connectivity index (χ4n) is 3.31. The van der Waals surface area contributed by atoms with E-state index >= 15 is 0 Å². The summed E-state index contributed by atoms with van der Waals surface area (Å²) >= 11 is 0. The van der Waals surface area contributed by atoms with Crippen molar-refractivity contribution in [2.45, 2.75) is 63.2 Å². The molecule has 4 nitrogen and oxygen atoms in total. The van der Waals surface area contributed by atoms with Crippen LogP contribution >= 0.6 is 0 Å². The molecule has 2 rings (SSSR count). The number of amides is 1. The highest BCUT2D eigenvalue weighted by Crippen LogP contribution is 2.34. The molecular formula is C12H23N3O. The van der Waals surface area contributed by atoms with Gasteiger partial charge in [0.25, 0.3) is 0 Å². The lowest BCUT2D eigenvalue weighted by atomic mass is 9.97. The highest BCUT2D eigenvalue weighted by atomic mass is 16.1. The average molecular weight is 225 g/mol. The van der Waals surface area contributed by atoms with E-state index in [2.05, 4.69) is 17.3 Å². The Morgan fingerprint density at radius 2 is 2.00 bits per heavy atom. The van der Waals surface area contributed by atoms with Crippen LogP contribution in [0, 0.1) is 0 Å². The minimum absolute atomic E-state index is 0.212. The first-order valence-electron chi connectivity index (χ1n) is 6.32. The average Bonchev–Trinajstić information content (AvgIpc) is 2.43. The quantitative estimate of drug-likeness (QED) is 0.731. The molecule has 92 valence electrons. The van der Waals surface area contributed by atoms with E-state index in [0.717, 1.165) is 12.1 Å². The number of nitrogens with two attached hydrogens (primary N) is 1. The Bertz CT molecular complexity index is 255. The smallest absolute Gasteiger partial charge is 0.218 e. The molecule has 2 bridgehead atoms. The zero-order chi connectivity index (χ0) is 11.7. The van der Waals surface area contributed by atoms with E-state index < -0.39 is 0 Å². The van der Waals surface area contributed by atoms with E-state index in [1.807, 2.05) is 6.92 Å². The number of nitrogens with zero attached hydrogens (tertiary/aromatic N) is 1. The fraction of sp³-hybridized carbons (Fsp3) is 0.917. The van der Waals surface area contributed by atoms with Crippen LogP contribution in [-0.4, -0.2) is 42.0 Å². The maximum absolute atomic E-state index is 10.8. The Balaban J connectivity index is 1.82. The number of fused-ring (bicyclic) bond motifs is 2. The van der Waals surface area contributed by atoms with Gasteiger partial charge in [-0.1, -0.05) is 0 Å². The molecule has 3 N–H and O–H groups in total. The molecule has 0 radical (unpaired) electrons. The number of nitrogens with one attached hydrogen (secondary N) is 1. The van der Waals surface area contributed by atoms with Crippen LogP contribution in [0.15, 0.2) is 0 Å². The standard InChI is InChI=1S/C12H23N3O/c1-8(5-12(13)16)14-9-6-10-3-4-11(7-9)15(10)2/h8-11,14H,3-7H2,1-2H3,(H2,13,16). The van der Waals surface area contributed by atoms with Crippen molar-refractivity contribution in [3.8, 4) is 0 Å². The summed E-state index contributed by atoms with van der Waals surface area (Å²) in [5.41, 5.74) is 5.20. The molecule has 0 aromatic carbocycles. The van der Waals surface area contributed by atoms with Gasteiger partial charge in [-0.3, -0.25) is 4.79 Å². The summed E-state index contributed by atoms with van der Waals surface area (Å²) in [6.45, 7) is 2.05. The second-order valence-electron chi connectivity index (χ2n) is 5.46. The van der Waals surface area contributed by atoms with Crippen molar-refractivity contribution >= 4 is 5.91 Å². The topological polar surface area (TPSA) is 58.4 Å². The predicted octanol–water partition coefficient (Wildman–Crippen LogP) is 0.465. The SMILES string of the molecule is CC(CC(N)=O)NC1CC2CCC(C1)N2C. The van der Waals surface area contributed by atoms with Crippen LogP contribution < -0.4 is 11.1 Å². The van der Waals surface area contributed by atoms with Gasteiger partial charge in [0.15, 0.2) is 0 Å². The number of piperidine rings is 1. The molecule has 0 saturated carbocycles. The molecule has 4 heteroatoms. The predicted molar refractivity (Wildman–Crippen MR) is 64.0 cm³/mol. The summed E-state index contributed by atoms with van der Waals surface area (Å²) in [7, 11) is 2.24. The van der Waals surface area contributed by atoms with E-state index in [9.17, 15) is 4.79 Å². The second kappa shape index (κ2) is 4.72. The lowest BCUT2D eigenvalue weighted by Gasteiger charge is -2.37. The van der Waals surface area contributed by atoms with E-state index in [1.165, 1.54) is 25.7 Å². The van der Waals surface area contributed by atoms with Crippen molar-refractivity contribution in [2.75, 3.05) is 7.05 Å². The van der Waals surface area contributed by atoms with Gasteiger partial charge < -0.3 is 16.0 Å². The molecule has 2 fully saturated rings. The van der Waals surface area contributed by atoms with Crippen LogP contribution in [-0.2, 0) is 4.79 Å². The highest BCUT2D eigenvalue weighted by molar-refractivity contribution is 5.74. The van der Waals surface area contributed by atoms with Crippen molar-refractivity contribution < 1.29 is 4.79 Å². The highest BCUT2D eigenvalue weighted by Gasteiger charge is 2.38. The number of hydrogen-bond acceptors (Lipinski definition) is 3. The van der Waals surface area contributed by atoms with Gasteiger partial charge >= 0.3 is 0 Å². The minimum Gasteiger partial charge on any atom is -0.370 e. The Morgan fingerprint density at radius 3 is 2.50 bits per heavy atom. The molecule has 1 amide bonds. The Morgan fingerprint density at radius 1 is 1.44 bits per heavy atom. The summed E-state index contributed by atoms with van der Waals surface area (Å²) in [5, 5.41) is 3.54. The summed E-state index contributed by atoms with van der Waals surface area (Å²) in [4.78, 5) is 13.3. The van der Waals surface area contributed by atoms with Gasteiger partial charge in [-0.05, 0) is 39.7 Å². The molecule has 0 aliphatic carbocycles. The van der Waals surface area contributed by atoms with Gasteiger partial charge in [-0.25, -0.2) is 0 Å². The van der Waals surface area contributed by atoms with Crippen molar-refractivity contribution in [1.82, 2.24) is 10.2 Å². The zero-order valence-electron chi connectivity index (χ0n) is 10.3. The van der Waals surface area contributed by atoms with Gasteiger partial charge in [-0.2, -0.15) is 0 Å². The first kappa shape index (κ1) is 11.9. The molecule has 2 heterocycles. The summed E-state index contributed by atoms with van der Waals surface area (Å²) in [5.74, 6) is -0.212. The molecule has 0 aromatic rings. The number of rotatable bonds is 4. The normalized spacial score (nSPS) is 36.2. The van der Waals surface area contributed by atoms with Crippen molar-refractivity contribution in [3.05, 3.63) is 0 Å². The van der Waals surface area contributed by atoms with E-state index in [-0.39, 0.29) is 11.9 Å². The number of carbonyl (C=O) groups is 1. The molecule has 0 spiro atoms. The molecular weight excluding hydrogens is 202 g/mol. The van der Waals surface area contributed by atoms with E-state index in [0.29, 0.717) is 12.5 Å². The molecule has 2 saturated heterocycles. The zero-order valence-corrected chi connectivity index (χ0v) is 10.3. The largest absolute Gasteiger partial charge is 0.370 e. The van der Waals surface area contributed by atoms with Crippen LogP contribution in [0.4, 0.5) is 0 Å². The van der Waals surface area contributed by atoms with Gasteiger partial charge in [0.05, 0.1) is 0 Å². The third kappa shape index (κ3) is 2.55. The van der Waals surface area contributed by atoms with Crippen LogP contribution in [0.25, 0.3) is 0 Å². The van der Waals surface area contributed by atoms with E-state index in [4.69, 9.17) is 5.73 Å². The minimum atomic E-state index is -0.212. The third-order valence-electron chi connectivity index (χ3n) is 4.13. The lowest BCUT2D eigenvalue weighted by molar-refractivity contribution is -0.118. The van der Waals surface area contributed by atoms with Crippen molar-refractivity contribution in [1.29, 1.82) is 0 Å². The van der Waals surface area contributed by atoms with Crippen LogP contribution in [0.1, 0.15) is 39.0 Å². The van der Waals surface area contributed by atoms with Gasteiger partial charge in [0, 0.05) is 30.6 Å². The summed E-state index contributed by atoms with van der Waals surface area (Å²) in [6.07, 6.45) is 5.56. The monoisotopic (exact) mass is 225 g/mol. The maximum Gasteiger partial charge on any atom is 0.218 e. The van der Waals surface area contributed by atoms with Crippen LogP contribution in [0.3, 0.4) is 0 Å². The lowest BCUT2D eigenvalue weighted by Crippen LogP contribution is -2.49. The van der Waals surface area contributed by atoms with Crippen molar-refractivity contribution in [3.63, 3.8) is 0 Å². The fourth-order valence-corrected chi connectivity index (χ4v) is 3.31. The number of primary amides is 1. The maximum atomic E-state index is 10.8. The molecule has 3 atom stereocenters. The van der Waals surface area contributed by atoms with Gasteiger partial charge in [0.1, 0.15) is 0 Å². The van der Waals surface area contributed by atoms with E-state index in [1.54, 1.807) is 0 Å². The summed E-state index contributed by atoms with van der Waals surface area (Å²) in [6, 6.07) is 2.28. The molecule has 2 aliphatic rings. The first-order chi connectivity index (χ1) is 7.56. The third-order valence-corrected chi connectivity index (χ3v) is 4.13. The summed E-state index contributed by atoms with van der Waals surface area (Å²) < 4.78 is 0. The number of hydrogen-bond donors (Lipinski definition) is 2. The Kier molecular flexibility index (Phi) is 3.50. The van der Waals surface area contributed by atoms with Crippen molar-refractivity contribution in [2.24, 2.45) is 5.73 Å². The molecule has 0 aromatic heterocycles. The second-order valence-corrected chi connectivity index (χ2v) is 5.46. The first-order valence-corrected chi connectivity index (χ1v) is 6.32. The molecule has 2 aliphatic heterocycles. The van der Waals surface area contributed by atoms with Gasteiger partial charge in [-0.15, -0.1) is 0 Å².